The van der Waals surface area contributed by atoms with Crippen molar-refractivity contribution in [3.63, 3.8) is 0 Å². The lowest BCUT2D eigenvalue weighted by Crippen LogP contribution is -2.10. The van der Waals surface area contributed by atoms with Crippen molar-refractivity contribution >= 4 is 21.8 Å². The predicted molar refractivity (Wildman–Crippen MR) is 68.2 cm³/mol. The smallest absolute Gasteiger partial charge is 0.146 e. The van der Waals surface area contributed by atoms with Gasteiger partial charge in [0.1, 0.15) is 24.0 Å². The summed E-state index contributed by atoms with van der Waals surface area (Å²) in [6.07, 6.45) is 1.60. The molecule has 1 aromatic heterocycles. The number of amidine groups is 1. The second kappa shape index (κ2) is 5.05. The Balaban J connectivity index is 2.09. The number of hydrogen-bond acceptors (Lipinski definition) is 3. The highest BCUT2D eigenvalue weighted by atomic mass is 79.9. The Kier molecular flexibility index (Phi) is 3.49. The Morgan fingerprint density at radius 3 is 2.82 bits per heavy atom. The molecular formula is C12H11BrN2O2. The molecule has 3 N–H and O–H groups in total. The minimum atomic E-state index is 0.0308. The number of nitrogen functional groups attached to an aromatic ring is 1. The highest BCUT2D eigenvalue weighted by Crippen LogP contribution is 2.26. The van der Waals surface area contributed by atoms with E-state index in [0.29, 0.717) is 17.9 Å². The second-order valence-electron chi connectivity index (χ2n) is 3.43. The van der Waals surface area contributed by atoms with Gasteiger partial charge in [-0.15, -0.1) is 0 Å². The number of halogens is 1. The van der Waals surface area contributed by atoms with Gasteiger partial charge in [-0.2, -0.15) is 0 Å². The number of furan rings is 1. The van der Waals surface area contributed by atoms with Gasteiger partial charge in [0.15, 0.2) is 0 Å². The number of rotatable bonds is 4. The monoisotopic (exact) mass is 294 g/mol. The van der Waals surface area contributed by atoms with Crippen LogP contribution in [0.5, 0.6) is 5.75 Å². The summed E-state index contributed by atoms with van der Waals surface area (Å²) in [7, 11) is 0. The van der Waals surface area contributed by atoms with Gasteiger partial charge in [-0.3, -0.25) is 5.41 Å². The molecule has 2 rings (SSSR count). The van der Waals surface area contributed by atoms with E-state index in [-0.39, 0.29) is 5.84 Å². The van der Waals surface area contributed by atoms with Crippen molar-refractivity contribution in [3.8, 4) is 5.75 Å². The maximum absolute atomic E-state index is 7.32. The van der Waals surface area contributed by atoms with E-state index in [0.717, 1.165) is 10.2 Å². The molecule has 0 aliphatic carbocycles. The molecule has 0 aliphatic rings. The summed E-state index contributed by atoms with van der Waals surface area (Å²) in [6, 6.07) is 8.92. The number of nitrogens with one attached hydrogen (secondary N) is 1. The first-order chi connectivity index (χ1) is 8.16. The molecule has 0 unspecified atom stereocenters. The molecular weight excluding hydrogens is 284 g/mol. The summed E-state index contributed by atoms with van der Waals surface area (Å²) in [4.78, 5) is 0. The van der Waals surface area contributed by atoms with Crippen LogP contribution in [0.2, 0.25) is 0 Å². The van der Waals surface area contributed by atoms with Gasteiger partial charge in [-0.05, 0) is 46.3 Å². The summed E-state index contributed by atoms with van der Waals surface area (Å²) >= 11 is 3.37. The molecule has 17 heavy (non-hydrogen) atoms. The van der Waals surface area contributed by atoms with Gasteiger partial charge in [0.2, 0.25) is 0 Å². The third-order valence-corrected chi connectivity index (χ3v) is 2.81. The van der Waals surface area contributed by atoms with E-state index in [1.807, 2.05) is 12.1 Å². The van der Waals surface area contributed by atoms with Crippen molar-refractivity contribution in [2.45, 2.75) is 6.61 Å². The summed E-state index contributed by atoms with van der Waals surface area (Å²) < 4.78 is 11.5. The first-order valence-electron chi connectivity index (χ1n) is 4.96. The Morgan fingerprint density at radius 1 is 1.41 bits per heavy atom. The van der Waals surface area contributed by atoms with Gasteiger partial charge in [-0.1, -0.05) is 0 Å². The van der Waals surface area contributed by atoms with E-state index in [2.05, 4.69) is 15.9 Å². The molecule has 1 aromatic carbocycles. The van der Waals surface area contributed by atoms with E-state index in [1.54, 1.807) is 24.5 Å². The molecule has 0 amide bonds. The fraction of sp³-hybridized carbons (Fsp3) is 0.0833. The number of benzene rings is 1. The fourth-order valence-electron chi connectivity index (χ4n) is 1.33. The molecule has 0 atom stereocenters. The van der Waals surface area contributed by atoms with Crippen molar-refractivity contribution in [1.29, 1.82) is 5.41 Å². The summed E-state index contributed by atoms with van der Waals surface area (Å²) in [6.45, 7) is 0.366. The zero-order chi connectivity index (χ0) is 12.3. The molecule has 0 radical (unpaired) electrons. The van der Waals surface area contributed by atoms with Crippen LogP contribution in [0.1, 0.15) is 11.3 Å². The maximum atomic E-state index is 7.32. The van der Waals surface area contributed by atoms with E-state index >= 15 is 0 Å². The average molecular weight is 295 g/mol. The maximum Gasteiger partial charge on any atom is 0.146 e. The highest BCUT2D eigenvalue weighted by molar-refractivity contribution is 9.10. The van der Waals surface area contributed by atoms with Crippen molar-refractivity contribution in [2.24, 2.45) is 5.73 Å². The number of hydrogen-bond donors (Lipinski definition) is 2. The molecule has 0 saturated carbocycles. The van der Waals surface area contributed by atoms with Crippen LogP contribution in [0.15, 0.2) is 45.5 Å². The molecule has 2 aromatic rings. The van der Waals surface area contributed by atoms with Gasteiger partial charge in [-0.25, -0.2) is 0 Å². The Bertz CT molecular complexity index is 523. The van der Waals surface area contributed by atoms with E-state index in [9.17, 15) is 0 Å². The van der Waals surface area contributed by atoms with Gasteiger partial charge in [0.05, 0.1) is 10.7 Å². The summed E-state index contributed by atoms with van der Waals surface area (Å²) in [5, 5.41) is 7.32. The first kappa shape index (κ1) is 11.7. The predicted octanol–water partition coefficient (Wildman–Crippen LogP) is 2.91. The van der Waals surface area contributed by atoms with Gasteiger partial charge >= 0.3 is 0 Å². The molecule has 0 spiro atoms. The Hall–Kier alpha value is -1.75. The van der Waals surface area contributed by atoms with Crippen LogP contribution in [-0.4, -0.2) is 5.84 Å². The normalized spacial score (nSPS) is 10.2. The summed E-state index contributed by atoms with van der Waals surface area (Å²) in [5.74, 6) is 1.47. The summed E-state index contributed by atoms with van der Waals surface area (Å²) in [5.41, 5.74) is 6.05. The third kappa shape index (κ3) is 2.88. The van der Waals surface area contributed by atoms with E-state index < -0.39 is 0 Å². The second-order valence-corrected chi connectivity index (χ2v) is 4.28. The lowest BCUT2D eigenvalue weighted by Gasteiger charge is -2.08. The van der Waals surface area contributed by atoms with Gasteiger partial charge < -0.3 is 14.9 Å². The number of nitrogens with two attached hydrogens (primary N) is 1. The molecule has 88 valence electrons. The van der Waals surface area contributed by atoms with Crippen LogP contribution >= 0.6 is 15.9 Å². The highest BCUT2D eigenvalue weighted by Gasteiger charge is 2.05. The van der Waals surface area contributed by atoms with Crippen molar-refractivity contribution in [3.05, 3.63) is 52.4 Å². The Morgan fingerprint density at radius 2 is 2.24 bits per heavy atom. The minimum Gasteiger partial charge on any atom is -0.484 e. The molecule has 0 bridgehead atoms. The van der Waals surface area contributed by atoms with Gasteiger partial charge in [0, 0.05) is 5.56 Å². The lowest BCUT2D eigenvalue weighted by molar-refractivity contribution is 0.269. The molecule has 0 aliphatic heterocycles. The van der Waals surface area contributed by atoms with Crippen LogP contribution in [0.3, 0.4) is 0 Å². The average Bonchev–Trinajstić information content (AvgIpc) is 2.80. The van der Waals surface area contributed by atoms with Crippen molar-refractivity contribution < 1.29 is 9.15 Å². The van der Waals surface area contributed by atoms with Crippen molar-refractivity contribution in [2.75, 3.05) is 0 Å². The molecule has 0 saturated heterocycles. The van der Waals surface area contributed by atoms with Gasteiger partial charge in [0.25, 0.3) is 0 Å². The Labute approximate surface area is 107 Å². The van der Waals surface area contributed by atoms with E-state index in [4.69, 9.17) is 20.3 Å². The van der Waals surface area contributed by atoms with Crippen molar-refractivity contribution in [1.82, 2.24) is 0 Å². The molecule has 0 fully saturated rings. The van der Waals surface area contributed by atoms with Crippen LogP contribution < -0.4 is 10.5 Å². The van der Waals surface area contributed by atoms with Crippen LogP contribution in [0.25, 0.3) is 0 Å². The first-order valence-corrected chi connectivity index (χ1v) is 5.75. The zero-order valence-electron chi connectivity index (χ0n) is 8.94. The molecule has 4 nitrogen and oxygen atoms in total. The molecule has 1 heterocycles. The topological polar surface area (TPSA) is 72.2 Å². The van der Waals surface area contributed by atoms with E-state index in [1.165, 1.54) is 0 Å². The quantitative estimate of drug-likeness (QED) is 0.673. The third-order valence-electron chi connectivity index (χ3n) is 2.19. The largest absolute Gasteiger partial charge is 0.484 e. The van der Waals surface area contributed by atoms with Crippen LogP contribution in [0, 0.1) is 5.41 Å². The SMILES string of the molecule is N=C(N)c1ccc(OCc2ccco2)c(Br)c1. The zero-order valence-corrected chi connectivity index (χ0v) is 10.5. The fourth-order valence-corrected chi connectivity index (χ4v) is 1.82. The van der Waals surface area contributed by atoms with Crippen LogP contribution in [0.4, 0.5) is 0 Å². The molecule has 5 heteroatoms. The number of ether oxygens (including phenoxy) is 1. The standard InChI is InChI=1S/C12H11BrN2O2/c13-10-6-8(12(14)15)3-4-11(10)17-7-9-2-1-5-16-9/h1-6H,7H2,(H3,14,15). The van der Waals surface area contributed by atoms with Crippen LogP contribution in [-0.2, 0) is 6.61 Å². The minimum absolute atomic E-state index is 0.0308. The lowest BCUT2D eigenvalue weighted by atomic mass is 10.2.